The van der Waals surface area contributed by atoms with E-state index in [1.165, 1.54) is 44.9 Å². The topological polar surface area (TPSA) is 9.23 Å². The molecule has 2 unspecified atom stereocenters. The summed E-state index contributed by atoms with van der Waals surface area (Å²) in [7, 11) is 0. The van der Waals surface area contributed by atoms with Crippen LogP contribution in [0.2, 0.25) is 0 Å². The van der Waals surface area contributed by atoms with Gasteiger partial charge in [-0.3, -0.25) is 0 Å². The maximum Gasteiger partial charge on any atom is 0.0631 e. The van der Waals surface area contributed by atoms with Crippen LogP contribution < -0.4 is 0 Å². The van der Waals surface area contributed by atoms with Gasteiger partial charge < -0.3 is 4.74 Å². The van der Waals surface area contributed by atoms with E-state index in [1.807, 2.05) is 0 Å². The average molecular weight is 275 g/mol. The molecule has 0 amide bonds. The SMILES string of the molecule is CC1(C)CCC(CCCC(Br)C2CC2)O1. The average Bonchev–Trinajstić information content (AvgIpc) is 2.92. The summed E-state index contributed by atoms with van der Waals surface area (Å²) in [5.74, 6) is 0.992. The fourth-order valence-corrected chi connectivity index (χ4v) is 3.37. The van der Waals surface area contributed by atoms with Crippen molar-refractivity contribution in [1.29, 1.82) is 0 Å². The summed E-state index contributed by atoms with van der Waals surface area (Å²) in [6, 6.07) is 0. The van der Waals surface area contributed by atoms with E-state index < -0.39 is 0 Å². The van der Waals surface area contributed by atoms with Gasteiger partial charge in [0.2, 0.25) is 0 Å². The number of hydrogen-bond acceptors (Lipinski definition) is 1. The highest BCUT2D eigenvalue weighted by atomic mass is 79.9. The third-order valence-corrected chi connectivity index (χ3v) is 4.90. The molecule has 2 fully saturated rings. The first-order valence-corrected chi connectivity index (χ1v) is 7.30. The first-order valence-electron chi connectivity index (χ1n) is 6.39. The first-order chi connectivity index (χ1) is 7.07. The molecule has 2 atom stereocenters. The predicted octanol–water partition coefficient (Wildman–Crippen LogP) is 4.29. The van der Waals surface area contributed by atoms with Gasteiger partial charge in [0.25, 0.3) is 0 Å². The summed E-state index contributed by atoms with van der Waals surface area (Å²) < 4.78 is 5.99. The molecular weight excluding hydrogens is 252 g/mol. The van der Waals surface area contributed by atoms with Gasteiger partial charge in [0.1, 0.15) is 0 Å². The Hall–Kier alpha value is 0.440. The zero-order valence-corrected chi connectivity index (χ0v) is 11.6. The third-order valence-electron chi connectivity index (χ3n) is 3.69. The fourth-order valence-electron chi connectivity index (χ4n) is 2.52. The first kappa shape index (κ1) is 11.9. The highest BCUT2D eigenvalue weighted by Gasteiger charge is 2.32. The molecule has 2 aliphatic rings. The smallest absolute Gasteiger partial charge is 0.0631 e. The lowest BCUT2D eigenvalue weighted by Crippen LogP contribution is -2.20. The number of rotatable bonds is 5. The zero-order chi connectivity index (χ0) is 10.9. The molecule has 0 aromatic carbocycles. The Morgan fingerprint density at radius 3 is 2.60 bits per heavy atom. The summed E-state index contributed by atoms with van der Waals surface area (Å²) in [4.78, 5) is 0.784. The predicted molar refractivity (Wildman–Crippen MR) is 67.5 cm³/mol. The van der Waals surface area contributed by atoms with Crippen molar-refractivity contribution in [1.82, 2.24) is 0 Å². The minimum Gasteiger partial charge on any atom is -0.372 e. The van der Waals surface area contributed by atoms with E-state index in [0.717, 1.165) is 10.7 Å². The highest BCUT2D eigenvalue weighted by Crippen LogP contribution is 2.39. The molecule has 0 N–H and O–H groups in total. The largest absolute Gasteiger partial charge is 0.372 e. The lowest BCUT2D eigenvalue weighted by molar-refractivity contribution is -0.0190. The van der Waals surface area contributed by atoms with Crippen molar-refractivity contribution >= 4 is 15.9 Å². The Morgan fingerprint density at radius 1 is 1.33 bits per heavy atom. The molecule has 1 nitrogen and oxygen atoms in total. The standard InChI is InChI=1S/C13H23BrO/c1-13(2)9-8-11(15-13)4-3-5-12(14)10-6-7-10/h10-12H,3-9H2,1-2H3. The quantitative estimate of drug-likeness (QED) is 0.680. The summed E-state index contributed by atoms with van der Waals surface area (Å²) in [6.07, 6.45) is 9.86. The summed E-state index contributed by atoms with van der Waals surface area (Å²) >= 11 is 3.80. The molecule has 1 aliphatic heterocycles. The number of halogens is 1. The Labute approximate surface area is 102 Å². The highest BCUT2D eigenvalue weighted by molar-refractivity contribution is 9.09. The third kappa shape index (κ3) is 3.74. The van der Waals surface area contributed by atoms with Crippen LogP contribution in [0, 0.1) is 5.92 Å². The van der Waals surface area contributed by atoms with Crippen LogP contribution in [0.1, 0.15) is 58.8 Å². The van der Waals surface area contributed by atoms with Gasteiger partial charge in [0, 0.05) is 4.83 Å². The molecule has 88 valence electrons. The van der Waals surface area contributed by atoms with Gasteiger partial charge in [-0.1, -0.05) is 15.9 Å². The van der Waals surface area contributed by atoms with Gasteiger partial charge in [0.05, 0.1) is 11.7 Å². The molecule has 0 spiro atoms. The Morgan fingerprint density at radius 2 is 2.07 bits per heavy atom. The van der Waals surface area contributed by atoms with Gasteiger partial charge in [0.15, 0.2) is 0 Å². The fraction of sp³-hybridized carbons (Fsp3) is 1.00. The Kier molecular flexibility index (Phi) is 3.77. The molecule has 15 heavy (non-hydrogen) atoms. The van der Waals surface area contributed by atoms with Crippen LogP contribution in [0.3, 0.4) is 0 Å². The Balaban J connectivity index is 1.58. The molecule has 0 aromatic rings. The van der Waals surface area contributed by atoms with Crippen molar-refractivity contribution in [3.63, 3.8) is 0 Å². The van der Waals surface area contributed by atoms with E-state index in [4.69, 9.17) is 4.74 Å². The molecule has 2 heteroatoms. The zero-order valence-electron chi connectivity index (χ0n) is 9.97. The minimum absolute atomic E-state index is 0.148. The van der Waals surface area contributed by atoms with E-state index in [0.29, 0.717) is 6.10 Å². The van der Waals surface area contributed by atoms with Crippen molar-refractivity contribution in [3.8, 4) is 0 Å². The van der Waals surface area contributed by atoms with Crippen molar-refractivity contribution in [2.45, 2.75) is 75.3 Å². The van der Waals surface area contributed by atoms with Crippen molar-refractivity contribution in [2.75, 3.05) is 0 Å². The number of hydrogen-bond donors (Lipinski definition) is 0. The summed E-state index contributed by atoms with van der Waals surface area (Å²) in [5, 5.41) is 0. The minimum atomic E-state index is 0.148. The lowest BCUT2D eigenvalue weighted by atomic mass is 10.0. The van der Waals surface area contributed by atoms with Crippen molar-refractivity contribution in [3.05, 3.63) is 0 Å². The van der Waals surface area contributed by atoms with E-state index >= 15 is 0 Å². The van der Waals surface area contributed by atoms with E-state index in [2.05, 4.69) is 29.8 Å². The molecule has 2 rings (SSSR count). The van der Waals surface area contributed by atoms with Gasteiger partial charge >= 0.3 is 0 Å². The van der Waals surface area contributed by atoms with E-state index in [-0.39, 0.29) is 5.60 Å². The molecule has 1 aliphatic carbocycles. The van der Waals surface area contributed by atoms with Crippen LogP contribution in [0.4, 0.5) is 0 Å². The summed E-state index contributed by atoms with van der Waals surface area (Å²) in [5.41, 5.74) is 0.148. The molecule has 1 heterocycles. The molecule has 0 aromatic heterocycles. The van der Waals surface area contributed by atoms with Gasteiger partial charge in [-0.05, 0) is 64.7 Å². The summed E-state index contributed by atoms with van der Waals surface area (Å²) in [6.45, 7) is 4.43. The maximum atomic E-state index is 5.99. The molecular formula is C13H23BrO. The van der Waals surface area contributed by atoms with Crippen LogP contribution >= 0.6 is 15.9 Å². The van der Waals surface area contributed by atoms with Crippen molar-refractivity contribution in [2.24, 2.45) is 5.92 Å². The van der Waals surface area contributed by atoms with Gasteiger partial charge in [-0.2, -0.15) is 0 Å². The second-order valence-corrected chi connectivity index (χ2v) is 7.00. The van der Waals surface area contributed by atoms with E-state index in [1.54, 1.807) is 0 Å². The molecule has 0 radical (unpaired) electrons. The normalized spacial score (nSPS) is 31.8. The van der Waals surface area contributed by atoms with Gasteiger partial charge in [-0.25, -0.2) is 0 Å². The van der Waals surface area contributed by atoms with Crippen LogP contribution in [-0.2, 0) is 4.74 Å². The molecule has 1 saturated heterocycles. The van der Waals surface area contributed by atoms with E-state index in [9.17, 15) is 0 Å². The maximum absolute atomic E-state index is 5.99. The second-order valence-electron chi connectivity index (χ2n) is 5.82. The molecule has 0 bridgehead atoms. The Bertz CT molecular complexity index is 211. The number of alkyl halides is 1. The number of ether oxygens (including phenoxy) is 1. The monoisotopic (exact) mass is 274 g/mol. The van der Waals surface area contributed by atoms with Crippen LogP contribution in [0.5, 0.6) is 0 Å². The molecule has 1 saturated carbocycles. The second kappa shape index (κ2) is 4.75. The van der Waals surface area contributed by atoms with Crippen molar-refractivity contribution < 1.29 is 4.74 Å². The van der Waals surface area contributed by atoms with Crippen LogP contribution in [0.25, 0.3) is 0 Å². The van der Waals surface area contributed by atoms with Crippen LogP contribution in [-0.4, -0.2) is 16.5 Å². The van der Waals surface area contributed by atoms with Gasteiger partial charge in [-0.15, -0.1) is 0 Å². The lowest BCUT2D eigenvalue weighted by Gasteiger charge is -2.19. The van der Waals surface area contributed by atoms with Crippen LogP contribution in [0.15, 0.2) is 0 Å².